The van der Waals surface area contributed by atoms with Gasteiger partial charge in [0.2, 0.25) is 0 Å². The molecule has 0 saturated carbocycles. The van der Waals surface area contributed by atoms with Crippen molar-refractivity contribution in [1.29, 1.82) is 0 Å². The number of aliphatic carboxylic acids is 1. The standard InChI is InChI=1S/C9H19NO3/c1-6(2)8(11)5-10-4-7(3)9(12)13/h6-8,10-11H,4-5H2,1-3H3,(H,12,13). The molecule has 2 atom stereocenters. The number of hydrogen-bond acceptors (Lipinski definition) is 3. The average molecular weight is 189 g/mol. The number of carboxylic acids is 1. The van der Waals surface area contributed by atoms with Gasteiger partial charge in [0.05, 0.1) is 12.0 Å². The second-order valence-electron chi connectivity index (χ2n) is 3.71. The van der Waals surface area contributed by atoms with Crippen LogP contribution in [0.15, 0.2) is 0 Å². The molecule has 0 rings (SSSR count). The van der Waals surface area contributed by atoms with E-state index in [0.29, 0.717) is 13.1 Å². The zero-order valence-electron chi connectivity index (χ0n) is 8.45. The van der Waals surface area contributed by atoms with Crippen LogP contribution in [0, 0.1) is 11.8 Å². The van der Waals surface area contributed by atoms with Crippen molar-refractivity contribution in [3.63, 3.8) is 0 Å². The molecule has 0 heterocycles. The first-order valence-corrected chi connectivity index (χ1v) is 4.56. The number of aliphatic hydroxyl groups excluding tert-OH is 1. The first kappa shape index (κ1) is 12.4. The molecule has 0 aliphatic heterocycles. The van der Waals surface area contributed by atoms with Crippen LogP contribution in [0.4, 0.5) is 0 Å². The summed E-state index contributed by atoms with van der Waals surface area (Å²) in [6.07, 6.45) is -0.402. The molecule has 4 heteroatoms. The van der Waals surface area contributed by atoms with Gasteiger partial charge in [-0.2, -0.15) is 0 Å². The Bertz CT molecular complexity index is 159. The van der Waals surface area contributed by atoms with E-state index in [9.17, 15) is 9.90 Å². The van der Waals surface area contributed by atoms with Crippen molar-refractivity contribution in [2.24, 2.45) is 11.8 Å². The Balaban J connectivity index is 3.50. The summed E-state index contributed by atoms with van der Waals surface area (Å²) < 4.78 is 0. The fraction of sp³-hybridized carbons (Fsp3) is 0.889. The molecule has 0 aliphatic carbocycles. The molecule has 0 radical (unpaired) electrons. The van der Waals surface area contributed by atoms with E-state index in [1.165, 1.54) is 0 Å². The maximum Gasteiger partial charge on any atom is 0.307 e. The Kier molecular flexibility index (Phi) is 5.66. The van der Waals surface area contributed by atoms with E-state index in [4.69, 9.17) is 5.11 Å². The second-order valence-corrected chi connectivity index (χ2v) is 3.71. The summed E-state index contributed by atoms with van der Waals surface area (Å²) in [5.74, 6) is -1.02. The van der Waals surface area contributed by atoms with Gasteiger partial charge in [-0.15, -0.1) is 0 Å². The summed E-state index contributed by atoms with van der Waals surface area (Å²) in [7, 11) is 0. The highest BCUT2D eigenvalue weighted by atomic mass is 16.4. The van der Waals surface area contributed by atoms with Crippen LogP contribution in [0.1, 0.15) is 20.8 Å². The summed E-state index contributed by atoms with van der Waals surface area (Å²) >= 11 is 0. The minimum absolute atomic E-state index is 0.202. The Hall–Kier alpha value is -0.610. The van der Waals surface area contributed by atoms with E-state index in [1.54, 1.807) is 6.92 Å². The van der Waals surface area contributed by atoms with E-state index in [-0.39, 0.29) is 5.92 Å². The van der Waals surface area contributed by atoms with Crippen LogP contribution >= 0.6 is 0 Å². The highest BCUT2D eigenvalue weighted by molar-refractivity contribution is 5.69. The third-order valence-corrected chi connectivity index (χ3v) is 2.00. The quantitative estimate of drug-likeness (QED) is 0.562. The maximum atomic E-state index is 10.4. The number of aliphatic hydroxyl groups is 1. The van der Waals surface area contributed by atoms with Crippen LogP contribution in [0.5, 0.6) is 0 Å². The Morgan fingerprint density at radius 3 is 2.23 bits per heavy atom. The maximum absolute atomic E-state index is 10.4. The van der Waals surface area contributed by atoms with Crippen molar-refractivity contribution < 1.29 is 15.0 Å². The van der Waals surface area contributed by atoms with Gasteiger partial charge in [0.15, 0.2) is 0 Å². The normalized spacial score (nSPS) is 15.8. The monoisotopic (exact) mass is 189 g/mol. The van der Waals surface area contributed by atoms with Gasteiger partial charge in [-0.1, -0.05) is 20.8 Å². The summed E-state index contributed by atoms with van der Waals surface area (Å²) in [6, 6.07) is 0. The third kappa shape index (κ3) is 5.60. The van der Waals surface area contributed by atoms with Crippen LogP contribution in [-0.4, -0.2) is 35.4 Å². The molecule has 13 heavy (non-hydrogen) atoms. The lowest BCUT2D eigenvalue weighted by molar-refractivity contribution is -0.140. The van der Waals surface area contributed by atoms with Gasteiger partial charge in [-0.25, -0.2) is 0 Å². The smallest absolute Gasteiger partial charge is 0.307 e. The molecule has 0 amide bonds. The van der Waals surface area contributed by atoms with E-state index >= 15 is 0 Å². The minimum atomic E-state index is -0.813. The lowest BCUT2D eigenvalue weighted by atomic mass is 10.1. The highest BCUT2D eigenvalue weighted by Crippen LogP contribution is 1.99. The van der Waals surface area contributed by atoms with Crippen LogP contribution in [-0.2, 0) is 4.79 Å². The molecule has 0 aromatic carbocycles. The SMILES string of the molecule is CC(CNCC(O)C(C)C)C(=O)O. The van der Waals surface area contributed by atoms with Gasteiger partial charge < -0.3 is 15.5 Å². The van der Waals surface area contributed by atoms with Crippen molar-refractivity contribution >= 4 is 5.97 Å². The van der Waals surface area contributed by atoms with E-state index in [0.717, 1.165) is 0 Å². The molecule has 4 nitrogen and oxygen atoms in total. The van der Waals surface area contributed by atoms with Crippen LogP contribution in [0.2, 0.25) is 0 Å². The molecule has 0 fully saturated rings. The van der Waals surface area contributed by atoms with Gasteiger partial charge in [0.25, 0.3) is 0 Å². The molecule has 2 unspecified atom stereocenters. The molecule has 0 bridgehead atoms. The predicted octanol–water partition coefficient (Wildman–Crippen LogP) is 0.314. The van der Waals surface area contributed by atoms with Gasteiger partial charge >= 0.3 is 5.97 Å². The van der Waals surface area contributed by atoms with Crippen molar-refractivity contribution in [1.82, 2.24) is 5.32 Å². The number of hydrogen-bond donors (Lipinski definition) is 3. The molecule has 0 saturated heterocycles. The number of rotatable bonds is 6. The van der Waals surface area contributed by atoms with Gasteiger partial charge in [-0.3, -0.25) is 4.79 Å². The zero-order chi connectivity index (χ0) is 10.4. The highest BCUT2D eigenvalue weighted by Gasteiger charge is 2.12. The van der Waals surface area contributed by atoms with E-state index < -0.39 is 18.0 Å². The minimum Gasteiger partial charge on any atom is -0.481 e. The van der Waals surface area contributed by atoms with Crippen molar-refractivity contribution in [3.8, 4) is 0 Å². The molecule has 0 spiro atoms. The van der Waals surface area contributed by atoms with Crippen LogP contribution in [0.3, 0.4) is 0 Å². The van der Waals surface area contributed by atoms with Crippen molar-refractivity contribution in [2.45, 2.75) is 26.9 Å². The van der Waals surface area contributed by atoms with Gasteiger partial charge in [-0.05, 0) is 5.92 Å². The largest absolute Gasteiger partial charge is 0.481 e. The van der Waals surface area contributed by atoms with Crippen LogP contribution < -0.4 is 5.32 Å². The fourth-order valence-corrected chi connectivity index (χ4v) is 0.771. The van der Waals surface area contributed by atoms with Crippen molar-refractivity contribution in [3.05, 3.63) is 0 Å². The summed E-state index contributed by atoms with van der Waals surface area (Å²) in [5.41, 5.74) is 0. The lowest BCUT2D eigenvalue weighted by Crippen LogP contribution is -2.34. The third-order valence-electron chi connectivity index (χ3n) is 2.00. The average Bonchev–Trinajstić information content (AvgIpc) is 2.03. The summed E-state index contributed by atoms with van der Waals surface area (Å²) in [4.78, 5) is 10.4. The first-order chi connectivity index (χ1) is 5.95. The van der Waals surface area contributed by atoms with Gasteiger partial charge in [0.1, 0.15) is 0 Å². The summed E-state index contributed by atoms with van der Waals surface area (Å²) in [5, 5.41) is 20.8. The Morgan fingerprint density at radius 1 is 1.31 bits per heavy atom. The molecule has 0 aliphatic rings. The fourth-order valence-electron chi connectivity index (χ4n) is 0.771. The second kappa shape index (κ2) is 5.94. The van der Waals surface area contributed by atoms with Gasteiger partial charge in [0, 0.05) is 13.1 Å². The van der Waals surface area contributed by atoms with Crippen LogP contribution in [0.25, 0.3) is 0 Å². The molecule has 3 N–H and O–H groups in total. The molecular formula is C9H19NO3. The number of carboxylic acid groups (broad SMARTS) is 1. The Labute approximate surface area is 79.0 Å². The molecule has 0 aromatic rings. The number of nitrogens with one attached hydrogen (secondary N) is 1. The summed E-state index contributed by atoms with van der Waals surface area (Å²) in [6.45, 7) is 6.34. The number of carbonyl (C=O) groups is 1. The first-order valence-electron chi connectivity index (χ1n) is 4.56. The van der Waals surface area contributed by atoms with E-state index in [1.807, 2.05) is 13.8 Å². The predicted molar refractivity (Wildman–Crippen MR) is 50.5 cm³/mol. The molecule has 0 aromatic heterocycles. The lowest BCUT2D eigenvalue weighted by Gasteiger charge is -2.15. The topological polar surface area (TPSA) is 69.6 Å². The Morgan fingerprint density at radius 2 is 1.85 bits per heavy atom. The van der Waals surface area contributed by atoms with E-state index in [2.05, 4.69) is 5.32 Å². The van der Waals surface area contributed by atoms with Crippen molar-refractivity contribution in [2.75, 3.05) is 13.1 Å². The zero-order valence-corrected chi connectivity index (χ0v) is 8.45. The molecule has 78 valence electrons. The molecular weight excluding hydrogens is 170 g/mol.